The fraction of sp³-hybridized carbons (Fsp3) is 0.944. The van der Waals surface area contributed by atoms with Gasteiger partial charge in [0.25, 0.3) is 0 Å². The van der Waals surface area contributed by atoms with E-state index in [-0.39, 0.29) is 18.2 Å². The Kier molecular flexibility index (Phi) is 4.76. The van der Waals surface area contributed by atoms with Crippen molar-refractivity contribution in [3.05, 3.63) is 0 Å². The SMILES string of the molecule is O=C(N[C@@H]1CCC[C@H](C2CC2)C1)N1CCO[C@@H]([C@H]2CCCO2)C1. The second kappa shape index (κ2) is 6.98. The molecule has 2 amide bonds. The number of morpholine rings is 1. The van der Waals surface area contributed by atoms with Gasteiger partial charge in [0.2, 0.25) is 0 Å². The van der Waals surface area contributed by atoms with E-state index in [9.17, 15) is 4.79 Å². The highest BCUT2D eigenvalue weighted by molar-refractivity contribution is 5.74. The number of ether oxygens (including phenoxy) is 2. The summed E-state index contributed by atoms with van der Waals surface area (Å²) in [5, 5.41) is 3.30. The van der Waals surface area contributed by atoms with Crippen molar-refractivity contribution in [2.24, 2.45) is 11.8 Å². The molecule has 2 aliphatic heterocycles. The monoisotopic (exact) mass is 322 g/mol. The van der Waals surface area contributed by atoms with Crippen molar-refractivity contribution in [3.63, 3.8) is 0 Å². The molecule has 1 N–H and O–H groups in total. The Hall–Kier alpha value is -0.810. The molecular formula is C18H30N2O3. The first kappa shape index (κ1) is 15.7. The quantitative estimate of drug-likeness (QED) is 0.869. The van der Waals surface area contributed by atoms with Crippen LogP contribution in [0, 0.1) is 11.8 Å². The van der Waals surface area contributed by atoms with Gasteiger partial charge in [-0.15, -0.1) is 0 Å². The Balaban J connectivity index is 1.27. The number of nitrogens with one attached hydrogen (secondary N) is 1. The highest BCUT2D eigenvalue weighted by Crippen LogP contribution is 2.43. The van der Waals surface area contributed by atoms with Gasteiger partial charge in [0.1, 0.15) is 6.10 Å². The van der Waals surface area contributed by atoms with Crippen LogP contribution < -0.4 is 5.32 Å². The zero-order chi connectivity index (χ0) is 15.6. The van der Waals surface area contributed by atoms with Gasteiger partial charge in [-0.05, 0) is 50.4 Å². The fourth-order valence-corrected chi connectivity index (χ4v) is 4.60. The van der Waals surface area contributed by atoms with Gasteiger partial charge in [0.15, 0.2) is 0 Å². The molecule has 4 fully saturated rings. The van der Waals surface area contributed by atoms with Gasteiger partial charge in [-0.1, -0.05) is 12.8 Å². The smallest absolute Gasteiger partial charge is 0.317 e. The molecule has 23 heavy (non-hydrogen) atoms. The molecule has 2 saturated carbocycles. The predicted octanol–water partition coefficient (Wildman–Crippen LogP) is 2.54. The van der Waals surface area contributed by atoms with Crippen molar-refractivity contribution in [3.8, 4) is 0 Å². The second-order valence-electron chi connectivity index (χ2n) is 7.82. The topological polar surface area (TPSA) is 50.8 Å². The summed E-state index contributed by atoms with van der Waals surface area (Å²) in [6, 6.07) is 0.489. The summed E-state index contributed by atoms with van der Waals surface area (Å²) >= 11 is 0. The largest absolute Gasteiger partial charge is 0.375 e. The number of nitrogens with zero attached hydrogens (tertiary/aromatic N) is 1. The normalized spacial score (nSPS) is 38.5. The molecule has 0 spiro atoms. The van der Waals surface area contributed by atoms with Gasteiger partial charge in [-0.2, -0.15) is 0 Å². The van der Waals surface area contributed by atoms with E-state index in [1.54, 1.807) is 0 Å². The van der Waals surface area contributed by atoms with E-state index in [1.807, 2.05) is 4.90 Å². The van der Waals surface area contributed by atoms with Crippen molar-refractivity contribution in [1.82, 2.24) is 10.2 Å². The zero-order valence-electron chi connectivity index (χ0n) is 14.0. The molecular weight excluding hydrogens is 292 g/mol. The molecule has 0 aromatic rings. The third-order valence-corrected chi connectivity index (χ3v) is 6.09. The summed E-state index contributed by atoms with van der Waals surface area (Å²) in [5.41, 5.74) is 0. The van der Waals surface area contributed by atoms with E-state index in [1.165, 1.54) is 32.1 Å². The number of carbonyl (C=O) groups is 1. The Morgan fingerprint density at radius 1 is 0.913 bits per heavy atom. The van der Waals surface area contributed by atoms with Crippen LogP contribution in [0.1, 0.15) is 51.4 Å². The van der Waals surface area contributed by atoms with Gasteiger partial charge in [-0.3, -0.25) is 0 Å². The maximum Gasteiger partial charge on any atom is 0.317 e. The molecule has 5 nitrogen and oxygen atoms in total. The highest BCUT2D eigenvalue weighted by atomic mass is 16.5. The van der Waals surface area contributed by atoms with E-state index in [0.29, 0.717) is 25.7 Å². The molecule has 4 aliphatic rings. The van der Waals surface area contributed by atoms with Crippen LogP contribution in [0.25, 0.3) is 0 Å². The number of carbonyl (C=O) groups excluding carboxylic acids is 1. The van der Waals surface area contributed by atoms with Crippen LogP contribution in [0.3, 0.4) is 0 Å². The molecule has 2 saturated heterocycles. The maximum absolute atomic E-state index is 12.6. The summed E-state index contributed by atoms with van der Waals surface area (Å²) in [5.74, 6) is 1.82. The second-order valence-corrected chi connectivity index (χ2v) is 7.82. The van der Waals surface area contributed by atoms with Crippen LogP contribution >= 0.6 is 0 Å². The third kappa shape index (κ3) is 3.82. The average Bonchev–Trinajstić information content (AvgIpc) is 3.30. The minimum absolute atomic E-state index is 0.0579. The lowest BCUT2D eigenvalue weighted by Gasteiger charge is -2.37. The molecule has 130 valence electrons. The molecule has 0 bridgehead atoms. The third-order valence-electron chi connectivity index (χ3n) is 6.09. The van der Waals surface area contributed by atoms with E-state index in [4.69, 9.17) is 9.47 Å². The fourth-order valence-electron chi connectivity index (χ4n) is 4.60. The van der Waals surface area contributed by atoms with Crippen LogP contribution in [0.2, 0.25) is 0 Å². The number of hydrogen-bond acceptors (Lipinski definition) is 3. The van der Waals surface area contributed by atoms with Crippen molar-refractivity contribution in [2.45, 2.75) is 69.6 Å². The average molecular weight is 322 g/mol. The zero-order valence-corrected chi connectivity index (χ0v) is 14.0. The standard InChI is InChI=1S/C18H30N2O3/c21-18(19-15-4-1-3-14(11-15)13-6-7-13)20-8-10-23-17(12-20)16-5-2-9-22-16/h13-17H,1-12H2,(H,19,21)/t14-,15+,16+,17+/m0/s1. The predicted molar refractivity (Wildman–Crippen MR) is 87.3 cm³/mol. The van der Waals surface area contributed by atoms with Gasteiger partial charge >= 0.3 is 6.03 Å². The molecule has 0 unspecified atom stereocenters. The number of hydrogen-bond donors (Lipinski definition) is 1. The Bertz CT molecular complexity index is 420. The Morgan fingerprint density at radius 2 is 1.78 bits per heavy atom. The van der Waals surface area contributed by atoms with Crippen molar-refractivity contribution in [1.29, 1.82) is 0 Å². The summed E-state index contributed by atoms with van der Waals surface area (Å²) in [7, 11) is 0. The van der Waals surface area contributed by atoms with Gasteiger partial charge < -0.3 is 19.7 Å². The lowest BCUT2D eigenvalue weighted by atomic mass is 9.83. The number of rotatable bonds is 3. The molecule has 2 heterocycles. The van der Waals surface area contributed by atoms with E-state index in [0.717, 1.165) is 37.7 Å². The highest BCUT2D eigenvalue weighted by Gasteiger charge is 2.36. The van der Waals surface area contributed by atoms with Crippen LogP contribution in [0.15, 0.2) is 0 Å². The first-order valence-electron chi connectivity index (χ1n) is 9.58. The van der Waals surface area contributed by atoms with Crippen LogP contribution in [0.4, 0.5) is 4.79 Å². The maximum atomic E-state index is 12.6. The number of urea groups is 1. The minimum Gasteiger partial charge on any atom is -0.375 e. The van der Waals surface area contributed by atoms with E-state index >= 15 is 0 Å². The Morgan fingerprint density at radius 3 is 2.57 bits per heavy atom. The van der Waals surface area contributed by atoms with E-state index < -0.39 is 0 Å². The molecule has 0 aromatic carbocycles. The van der Waals surface area contributed by atoms with Crippen LogP contribution in [-0.2, 0) is 9.47 Å². The number of amides is 2. The van der Waals surface area contributed by atoms with Gasteiger partial charge in [-0.25, -0.2) is 4.79 Å². The van der Waals surface area contributed by atoms with Gasteiger partial charge in [0, 0.05) is 19.2 Å². The summed E-state index contributed by atoms with van der Waals surface area (Å²) in [4.78, 5) is 14.6. The van der Waals surface area contributed by atoms with Crippen LogP contribution in [0.5, 0.6) is 0 Å². The molecule has 0 radical (unpaired) electrons. The minimum atomic E-state index is 0.0579. The van der Waals surface area contributed by atoms with Gasteiger partial charge in [0.05, 0.1) is 19.3 Å². The van der Waals surface area contributed by atoms with Crippen molar-refractivity contribution < 1.29 is 14.3 Å². The molecule has 4 atom stereocenters. The molecule has 5 heteroatoms. The first-order valence-corrected chi connectivity index (χ1v) is 9.58. The molecule has 0 aromatic heterocycles. The lowest BCUT2D eigenvalue weighted by Crippen LogP contribution is -2.54. The van der Waals surface area contributed by atoms with Crippen molar-refractivity contribution in [2.75, 3.05) is 26.3 Å². The van der Waals surface area contributed by atoms with Crippen LogP contribution in [-0.4, -0.2) is 55.5 Å². The molecule has 2 aliphatic carbocycles. The summed E-state index contributed by atoms with van der Waals surface area (Å²) in [6.07, 6.45) is 10.2. The Labute approximate surface area is 139 Å². The first-order chi connectivity index (χ1) is 11.3. The molecule has 4 rings (SSSR count). The summed E-state index contributed by atoms with van der Waals surface area (Å²) in [6.45, 7) is 2.85. The van der Waals surface area contributed by atoms with E-state index in [2.05, 4.69) is 5.32 Å². The lowest BCUT2D eigenvalue weighted by molar-refractivity contribution is -0.0851. The van der Waals surface area contributed by atoms with Crippen molar-refractivity contribution >= 4 is 6.03 Å². The summed E-state index contributed by atoms with van der Waals surface area (Å²) < 4.78 is 11.6.